The van der Waals surface area contributed by atoms with Crippen molar-refractivity contribution in [1.29, 1.82) is 0 Å². The van der Waals surface area contributed by atoms with E-state index in [9.17, 15) is 19.8 Å². The van der Waals surface area contributed by atoms with Crippen LogP contribution >= 0.6 is 0 Å². The van der Waals surface area contributed by atoms with E-state index in [4.69, 9.17) is 4.74 Å². The molecule has 0 bridgehead atoms. The molecule has 0 radical (unpaired) electrons. The zero-order valence-corrected chi connectivity index (χ0v) is 43.9. The summed E-state index contributed by atoms with van der Waals surface area (Å²) in [6.07, 6.45) is 70.1. The molecule has 0 rings (SSSR count). The molecule has 0 spiro atoms. The number of rotatable bonds is 53. The first-order valence-corrected chi connectivity index (χ1v) is 28.9. The third-order valence-electron chi connectivity index (χ3n) is 13.1. The van der Waals surface area contributed by atoms with Gasteiger partial charge in [0.25, 0.3) is 0 Å². The van der Waals surface area contributed by atoms with Gasteiger partial charge in [-0.1, -0.05) is 255 Å². The van der Waals surface area contributed by atoms with Crippen LogP contribution < -0.4 is 5.32 Å². The lowest BCUT2D eigenvalue weighted by molar-refractivity contribution is -0.143. The molecule has 3 N–H and O–H groups in total. The van der Waals surface area contributed by atoms with E-state index in [2.05, 4.69) is 49.5 Å². The lowest BCUT2D eigenvalue weighted by Gasteiger charge is -2.19. The van der Waals surface area contributed by atoms with Gasteiger partial charge in [0, 0.05) is 12.8 Å². The van der Waals surface area contributed by atoms with Gasteiger partial charge in [-0.2, -0.15) is 0 Å². The molecule has 6 nitrogen and oxygen atoms in total. The maximum Gasteiger partial charge on any atom is 0.305 e. The highest BCUT2D eigenvalue weighted by atomic mass is 16.5. The highest BCUT2D eigenvalue weighted by Crippen LogP contribution is 2.16. The van der Waals surface area contributed by atoms with Gasteiger partial charge in [-0.3, -0.25) is 9.59 Å². The molecule has 0 saturated heterocycles. The van der Waals surface area contributed by atoms with Crippen LogP contribution in [0.1, 0.15) is 296 Å². The summed E-state index contributed by atoms with van der Waals surface area (Å²) < 4.78 is 5.44. The normalized spacial score (nSPS) is 13.0. The van der Waals surface area contributed by atoms with Crippen LogP contribution in [0.3, 0.4) is 0 Å². The predicted octanol–water partition coefficient (Wildman–Crippen LogP) is 17.8. The van der Waals surface area contributed by atoms with Gasteiger partial charge in [-0.25, -0.2) is 0 Å². The van der Waals surface area contributed by atoms with Crippen LogP contribution in [-0.4, -0.2) is 47.4 Å². The number of carbonyl (C=O) groups excluding carboxylic acids is 2. The quantitative estimate of drug-likeness (QED) is 0.0321. The summed E-state index contributed by atoms with van der Waals surface area (Å²) in [5.74, 6) is -0.176. The zero-order valence-electron chi connectivity index (χ0n) is 43.9. The van der Waals surface area contributed by atoms with Gasteiger partial charge in [0.2, 0.25) is 5.91 Å². The molecule has 6 heteroatoms. The summed E-state index contributed by atoms with van der Waals surface area (Å²) in [5, 5.41) is 23.1. The van der Waals surface area contributed by atoms with Gasteiger partial charge in [-0.05, 0) is 77.0 Å². The molecule has 2 unspecified atom stereocenters. The maximum absolute atomic E-state index is 12.4. The highest BCUT2D eigenvalue weighted by Gasteiger charge is 2.17. The molecule has 386 valence electrons. The molecule has 0 aliphatic carbocycles. The Kier molecular flexibility index (Phi) is 53.6. The van der Waals surface area contributed by atoms with Crippen molar-refractivity contribution in [2.75, 3.05) is 13.2 Å². The Bertz CT molecular complexity index is 1110. The third-order valence-corrected chi connectivity index (χ3v) is 13.1. The van der Waals surface area contributed by atoms with Gasteiger partial charge in [0.1, 0.15) is 0 Å². The number of carbonyl (C=O) groups is 2. The Labute approximate surface area is 410 Å². The average molecular weight is 927 g/mol. The van der Waals surface area contributed by atoms with Gasteiger partial charge >= 0.3 is 5.97 Å². The van der Waals surface area contributed by atoms with E-state index in [1.165, 1.54) is 212 Å². The monoisotopic (exact) mass is 926 g/mol. The number of unbranched alkanes of at least 4 members (excludes halogenated alkanes) is 36. The molecule has 0 aromatic heterocycles. The first-order chi connectivity index (χ1) is 32.5. The van der Waals surface area contributed by atoms with Crippen LogP contribution in [0, 0.1) is 0 Å². The molecule has 0 aliphatic rings. The number of amides is 1. The number of allylic oxidation sites excluding steroid dienone is 7. The average Bonchev–Trinajstić information content (AvgIpc) is 3.32. The standard InChI is InChI=1S/C60H111NO5/c1-3-5-7-9-11-13-15-17-18-19-20-21-22-23-24-25-26-27-29-32-36-40-44-48-52-58(63)57(56-62)61-59(64)53-49-45-41-37-33-30-28-31-35-39-43-47-51-55-66-60(65)54-50-46-42-38-34-16-14-12-10-8-6-4-2/h12,14,30,33,41,45,48,52,57-58,62-63H,3-11,13,15-29,31-32,34-40,42-44,46-47,49-51,53-56H2,1-2H3,(H,61,64)/b14-12-,33-30-,45-41-,52-48+. The Morgan fingerprint density at radius 2 is 0.773 bits per heavy atom. The van der Waals surface area contributed by atoms with Gasteiger partial charge in [-0.15, -0.1) is 0 Å². The number of aliphatic hydroxyl groups excluding tert-OH is 2. The Morgan fingerprint density at radius 1 is 0.424 bits per heavy atom. The van der Waals surface area contributed by atoms with Crippen molar-refractivity contribution in [3.63, 3.8) is 0 Å². The minimum absolute atomic E-state index is 0.0287. The second kappa shape index (κ2) is 55.4. The molecule has 0 fully saturated rings. The fourth-order valence-electron chi connectivity index (χ4n) is 8.62. The predicted molar refractivity (Wildman–Crippen MR) is 287 cm³/mol. The van der Waals surface area contributed by atoms with E-state index in [1.807, 2.05) is 12.2 Å². The Morgan fingerprint density at radius 3 is 1.23 bits per heavy atom. The first-order valence-electron chi connectivity index (χ1n) is 28.9. The Balaban J connectivity index is 3.58. The van der Waals surface area contributed by atoms with Gasteiger partial charge in [0.15, 0.2) is 0 Å². The number of ether oxygens (including phenoxy) is 1. The van der Waals surface area contributed by atoms with E-state index in [-0.39, 0.29) is 18.5 Å². The lowest BCUT2D eigenvalue weighted by Crippen LogP contribution is -2.45. The molecule has 0 aromatic rings. The van der Waals surface area contributed by atoms with E-state index in [0.717, 1.165) is 51.4 Å². The molecule has 0 aromatic carbocycles. The van der Waals surface area contributed by atoms with Crippen molar-refractivity contribution >= 4 is 11.9 Å². The van der Waals surface area contributed by atoms with Crippen molar-refractivity contribution < 1.29 is 24.5 Å². The van der Waals surface area contributed by atoms with Crippen molar-refractivity contribution in [2.24, 2.45) is 0 Å². The number of hydrogen-bond acceptors (Lipinski definition) is 5. The third kappa shape index (κ3) is 51.2. The van der Waals surface area contributed by atoms with Gasteiger partial charge in [0.05, 0.1) is 25.4 Å². The summed E-state index contributed by atoms with van der Waals surface area (Å²) in [5.41, 5.74) is 0. The molecular weight excluding hydrogens is 815 g/mol. The SMILES string of the molecule is CCCCC/C=C\CCCCCCCC(=O)OCCCCCCCC/C=C\C/C=C\CCC(=O)NC(CO)C(O)/C=C/CCCCCCCCCCCCCCCCCCCCCCCC. The van der Waals surface area contributed by atoms with Crippen molar-refractivity contribution in [3.05, 3.63) is 48.6 Å². The van der Waals surface area contributed by atoms with E-state index in [0.29, 0.717) is 25.9 Å². The number of nitrogens with one attached hydrogen (secondary N) is 1. The molecule has 66 heavy (non-hydrogen) atoms. The molecule has 0 heterocycles. The molecule has 1 amide bonds. The maximum atomic E-state index is 12.4. The van der Waals surface area contributed by atoms with Crippen LogP contribution in [0.4, 0.5) is 0 Å². The summed E-state index contributed by atoms with van der Waals surface area (Å²) in [4.78, 5) is 24.4. The van der Waals surface area contributed by atoms with Crippen molar-refractivity contribution in [2.45, 2.75) is 309 Å². The molecule has 0 aliphatic heterocycles. The fraction of sp³-hybridized carbons (Fsp3) is 0.833. The largest absolute Gasteiger partial charge is 0.466 e. The van der Waals surface area contributed by atoms with Crippen LogP contribution in [0.5, 0.6) is 0 Å². The Hall–Kier alpha value is -2.18. The minimum Gasteiger partial charge on any atom is -0.466 e. The topological polar surface area (TPSA) is 95.9 Å². The van der Waals surface area contributed by atoms with Gasteiger partial charge < -0.3 is 20.3 Å². The van der Waals surface area contributed by atoms with Crippen LogP contribution in [0.15, 0.2) is 48.6 Å². The molecule has 2 atom stereocenters. The number of esters is 1. The van der Waals surface area contributed by atoms with Crippen molar-refractivity contribution in [1.82, 2.24) is 5.32 Å². The van der Waals surface area contributed by atoms with Crippen LogP contribution in [0.2, 0.25) is 0 Å². The highest BCUT2D eigenvalue weighted by molar-refractivity contribution is 5.76. The number of hydrogen-bond donors (Lipinski definition) is 3. The smallest absolute Gasteiger partial charge is 0.305 e. The minimum atomic E-state index is -0.881. The molecule has 0 saturated carbocycles. The zero-order chi connectivity index (χ0) is 47.9. The van der Waals surface area contributed by atoms with Crippen molar-refractivity contribution in [3.8, 4) is 0 Å². The summed E-state index contributed by atoms with van der Waals surface area (Å²) in [6.45, 7) is 4.82. The fourth-order valence-corrected chi connectivity index (χ4v) is 8.62. The van der Waals surface area contributed by atoms with Crippen LogP contribution in [0.25, 0.3) is 0 Å². The second-order valence-corrected chi connectivity index (χ2v) is 19.6. The van der Waals surface area contributed by atoms with E-state index < -0.39 is 12.1 Å². The second-order valence-electron chi connectivity index (χ2n) is 19.6. The molecular formula is C60H111NO5. The van der Waals surface area contributed by atoms with Crippen LogP contribution in [-0.2, 0) is 14.3 Å². The van der Waals surface area contributed by atoms with E-state index >= 15 is 0 Å². The first kappa shape index (κ1) is 63.8. The number of aliphatic hydroxyl groups is 2. The van der Waals surface area contributed by atoms with E-state index in [1.54, 1.807) is 6.08 Å². The summed E-state index contributed by atoms with van der Waals surface area (Å²) in [7, 11) is 0. The summed E-state index contributed by atoms with van der Waals surface area (Å²) in [6, 6.07) is -0.674. The lowest BCUT2D eigenvalue weighted by atomic mass is 10.0. The summed E-state index contributed by atoms with van der Waals surface area (Å²) >= 11 is 0.